The molecular formula is C7H13ClN4O4. The van der Waals surface area contributed by atoms with Crippen LogP contribution >= 0.6 is 0 Å². The molecule has 1 aromatic rings. The van der Waals surface area contributed by atoms with Gasteiger partial charge in [-0.05, 0) is 0 Å². The van der Waals surface area contributed by atoms with E-state index in [1.807, 2.05) is 0 Å². The topological polar surface area (TPSA) is 144 Å². The molecule has 0 aliphatic rings. The van der Waals surface area contributed by atoms with Crippen molar-refractivity contribution in [2.45, 2.75) is 0 Å². The third kappa shape index (κ3) is 8.29. The monoisotopic (exact) mass is 252 g/mol. The largest absolute Gasteiger partial charge is 0.368 e. The van der Waals surface area contributed by atoms with E-state index >= 15 is 0 Å². The molecule has 8 nitrogen and oxygen atoms in total. The first-order chi connectivity index (χ1) is 7.00. The molecule has 0 saturated heterocycles. The highest BCUT2D eigenvalue weighted by Crippen LogP contribution is 2.12. The minimum Gasteiger partial charge on any atom is -0.368 e. The predicted octanol–water partition coefficient (Wildman–Crippen LogP) is -4.50. The maximum absolute atomic E-state index is 8.49. The molecule has 0 bridgehead atoms. The highest BCUT2D eigenvalue weighted by Gasteiger charge is 2.11. The fourth-order valence-electron chi connectivity index (χ4n) is 0.678. The number of nitrogens with zero attached hydrogens (tertiary/aromatic N) is 3. The number of anilines is 1. The Hall–Kier alpha value is -1.03. The molecule has 0 atom stereocenters. The van der Waals surface area contributed by atoms with Gasteiger partial charge in [-0.1, -0.05) is 0 Å². The summed E-state index contributed by atoms with van der Waals surface area (Å²) in [6.45, 7) is 0. The second-order valence-corrected chi connectivity index (χ2v) is 4.45. The summed E-state index contributed by atoms with van der Waals surface area (Å²) in [5.74, 6) is 0.321. The fraction of sp³-hybridized carbons (Fsp3) is 0.429. The minimum atomic E-state index is -4.94. The van der Waals surface area contributed by atoms with E-state index in [1.165, 1.54) is 0 Å². The summed E-state index contributed by atoms with van der Waals surface area (Å²) in [7, 11) is 1.21. The van der Waals surface area contributed by atoms with Crippen LogP contribution in [0.5, 0.6) is 0 Å². The number of rotatable bonds is 1. The molecule has 1 heterocycles. The van der Waals surface area contributed by atoms with Gasteiger partial charge < -0.3 is 5.73 Å². The fourth-order valence-corrected chi connectivity index (χ4v) is 0.678. The SMILES string of the molecule is C[N+](C)(C)c1cnc(N)nc1.[O-][Cl+3]([O-])([O-])[O-]. The number of hydrogen-bond donors (Lipinski definition) is 1. The van der Waals surface area contributed by atoms with Gasteiger partial charge in [-0.15, -0.1) is 10.2 Å². The average molecular weight is 253 g/mol. The van der Waals surface area contributed by atoms with E-state index in [0.29, 0.717) is 10.4 Å². The molecule has 0 aliphatic carbocycles. The Bertz CT molecular complexity index is 313. The van der Waals surface area contributed by atoms with Crippen LogP contribution in [-0.2, 0) is 0 Å². The van der Waals surface area contributed by atoms with Crippen LogP contribution in [0.15, 0.2) is 12.4 Å². The highest BCUT2D eigenvalue weighted by molar-refractivity contribution is 5.37. The summed E-state index contributed by atoms with van der Waals surface area (Å²) >= 11 is 0. The normalized spacial score (nSPS) is 11.7. The van der Waals surface area contributed by atoms with Crippen molar-refractivity contribution in [3.8, 4) is 0 Å². The zero-order chi connectivity index (χ0) is 13.0. The van der Waals surface area contributed by atoms with E-state index in [4.69, 9.17) is 24.4 Å². The first-order valence-electron chi connectivity index (χ1n) is 4.01. The van der Waals surface area contributed by atoms with Crippen LogP contribution in [0, 0.1) is 10.2 Å². The molecule has 9 heteroatoms. The molecule has 92 valence electrons. The molecule has 0 saturated carbocycles. The zero-order valence-electron chi connectivity index (χ0n) is 9.08. The van der Waals surface area contributed by atoms with Crippen LogP contribution in [-0.4, -0.2) is 31.1 Å². The lowest BCUT2D eigenvalue weighted by atomic mass is 10.4. The molecule has 0 aromatic carbocycles. The van der Waals surface area contributed by atoms with Crippen molar-refractivity contribution in [3.63, 3.8) is 0 Å². The highest BCUT2D eigenvalue weighted by atomic mass is 35.7. The van der Waals surface area contributed by atoms with Crippen molar-refractivity contribution in [1.29, 1.82) is 0 Å². The van der Waals surface area contributed by atoms with E-state index in [1.54, 1.807) is 12.4 Å². The Kier molecular flexibility index (Phi) is 5.00. The Morgan fingerprint density at radius 1 is 1.06 bits per heavy atom. The third-order valence-corrected chi connectivity index (χ3v) is 1.43. The Morgan fingerprint density at radius 2 is 1.38 bits per heavy atom. The van der Waals surface area contributed by atoms with Gasteiger partial charge in [-0.2, -0.15) is 0 Å². The Balaban J connectivity index is 0.000000385. The van der Waals surface area contributed by atoms with Gasteiger partial charge in [0.05, 0.1) is 33.5 Å². The first-order valence-corrected chi connectivity index (χ1v) is 5.25. The second kappa shape index (κ2) is 5.34. The van der Waals surface area contributed by atoms with E-state index in [0.717, 1.165) is 5.69 Å². The zero-order valence-corrected chi connectivity index (χ0v) is 9.84. The summed E-state index contributed by atoms with van der Waals surface area (Å²) in [6.07, 6.45) is 3.48. The Labute approximate surface area is 94.9 Å². The van der Waals surface area contributed by atoms with Gasteiger partial charge >= 0.3 is 0 Å². The quantitative estimate of drug-likeness (QED) is 0.496. The number of nitrogens with two attached hydrogens (primary N) is 1. The van der Waals surface area contributed by atoms with Crippen molar-refractivity contribution < 1.29 is 28.9 Å². The summed E-state index contributed by atoms with van der Waals surface area (Å²) in [5, 5.41) is 0. The molecule has 0 unspecified atom stereocenters. The number of quaternary nitrogens is 1. The second-order valence-electron chi connectivity index (χ2n) is 3.69. The van der Waals surface area contributed by atoms with Crippen LogP contribution in [0.25, 0.3) is 0 Å². The van der Waals surface area contributed by atoms with Gasteiger partial charge in [-0.25, -0.2) is 28.6 Å². The summed E-state index contributed by atoms with van der Waals surface area (Å²) in [4.78, 5) is 7.79. The molecule has 0 spiro atoms. The van der Waals surface area contributed by atoms with Crippen LogP contribution in [0.4, 0.5) is 11.6 Å². The van der Waals surface area contributed by atoms with Gasteiger partial charge in [0, 0.05) is 0 Å². The molecule has 0 fully saturated rings. The number of halogens is 1. The van der Waals surface area contributed by atoms with Crippen LogP contribution < -0.4 is 28.9 Å². The predicted molar refractivity (Wildman–Crippen MR) is 46.0 cm³/mol. The standard InChI is InChI=1S/C7H13N4.ClHO4/c1-11(2,3)6-4-9-7(8)10-5-6;2-1(3,4)5/h4-5H,1-3H3,(H2,8,9,10);(H,2,3,4,5)/q+1;/p-1. The minimum absolute atomic E-state index is 0.321. The molecular weight excluding hydrogens is 240 g/mol. The number of nitrogen functional groups attached to an aromatic ring is 1. The van der Waals surface area contributed by atoms with Gasteiger partial charge in [0.1, 0.15) is 0 Å². The molecule has 16 heavy (non-hydrogen) atoms. The van der Waals surface area contributed by atoms with Crippen molar-refractivity contribution in [2.24, 2.45) is 0 Å². The van der Waals surface area contributed by atoms with Gasteiger partial charge in [0.15, 0.2) is 5.69 Å². The van der Waals surface area contributed by atoms with Gasteiger partial charge in [0.25, 0.3) is 0 Å². The Morgan fingerprint density at radius 3 is 1.62 bits per heavy atom. The number of hydrogen-bond acceptors (Lipinski definition) is 7. The van der Waals surface area contributed by atoms with Gasteiger partial charge in [-0.3, -0.25) is 4.48 Å². The van der Waals surface area contributed by atoms with E-state index in [2.05, 4.69) is 31.1 Å². The average Bonchev–Trinajstić information content (AvgIpc) is 1.99. The molecule has 1 aromatic heterocycles. The lowest BCUT2D eigenvalue weighted by molar-refractivity contribution is -2.00. The van der Waals surface area contributed by atoms with Crippen LogP contribution in [0.3, 0.4) is 0 Å². The van der Waals surface area contributed by atoms with Crippen molar-refractivity contribution >= 4 is 11.6 Å². The van der Waals surface area contributed by atoms with Gasteiger partial charge in [0.2, 0.25) is 5.95 Å². The number of aromatic nitrogens is 2. The maximum Gasteiger partial charge on any atom is 0.220 e. The van der Waals surface area contributed by atoms with Crippen LogP contribution in [0.2, 0.25) is 0 Å². The first kappa shape index (κ1) is 15.0. The molecule has 1 rings (SSSR count). The lowest BCUT2D eigenvalue weighted by Gasteiger charge is -2.21. The lowest BCUT2D eigenvalue weighted by Crippen LogP contribution is -2.68. The third-order valence-electron chi connectivity index (χ3n) is 1.43. The van der Waals surface area contributed by atoms with E-state index in [9.17, 15) is 0 Å². The maximum atomic E-state index is 8.49. The summed E-state index contributed by atoms with van der Waals surface area (Å²) < 4.78 is 34.7. The molecule has 0 radical (unpaired) electrons. The molecule has 0 aliphatic heterocycles. The van der Waals surface area contributed by atoms with E-state index < -0.39 is 10.2 Å². The van der Waals surface area contributed by atoms with Crippen LogP contribution in [0.1, 0.15) is 0 Å². The smallest absolute Gasteiger partial charge is 0.220 e. The molecule has 0 amide bonds. The van der Waals surface area contributed by atoms with Crippen molar-refractivity contribution in [2.75, 3.05) is 26.9 Å². The van der Waals surface area contributed by atoms with Crippen molar-refractivity contribution in [3.05, 3.63) is 12.4 Å². The van der Waals surface area contributed by atoms with E-state index in [-0.39, 0.29) is 0 Å². The van der Waals surface area contributed by atoms with Crippen molar-refractivity contribution in [1.82, 2.24) is 14.5 Å². The summed E-state index contributed by atoms with van der Waals surface area (Å²) in [6, 6.07) is 0. The summed E-state index contributed by atoms with van der Waals surface area (Å²) in [5.41, 5.74) is 6.38. The molecule has 2 N–H and O–H groups in total.